The Balaban J connectivity index is 2.26. The quantitative estimate of drug-likeness (QED) is 0.492. The van der Waals surface area contributed by atoms with Crippen molar-refractivity contribution in [2.75, 3.05) is 6.61 Å². The fourth-order valence-electron chi connectivity index (χ4n) is 1.01. The first-order valence-electron chi connectivity index (χ1n) is 3.40. The van der Waals surface area contributed by atoms with Crippen molar-refractivity contribution in [3.8, 4) is 0 Å². The number of aldehydes is 1. The summed E-state index contributed by atoms with van der Waals surface area (Å²) in [5.41, 5.74) is 0. The highest BCUT2D eigenvalue weighted by atomic mass is 16.5. The van der Waals surface area contributed by atoms with Crippen molar-refractivity contribution in [3.63, 3.8) is 0 Å². The topological polar surface area (TPSA) is 26.3 Å². The van der Waals surface area contributed by atoms with E-state index in [1.807, 2.05) is 6.92 Å². The van der Waals surface area contributed by atoms with Crippen molar-refractivity contribution in [1.29, 1.82) is 0 Å². The van der Waals surface area contributed by atoms with E-state index in [0.717, 1.165) is 19.1 Å². The lowest BCUT2D eigenvalue weighted by Crippen LogP contribution is -2.24. The largest absolute Gasteiger partial charge is 0.378 e. The van der Waals surface area contributed by atoms with Crippen LogP contribution in [0.1, 0.15) is 19.8 Å². The van der Waals surface area contributed by atoms with Gasteiger partial charge in [-0.3, -0.25) is 0 Å². The van der Waals surface area contributed by atoms with Crippen LogP contribution in [0.15, 0.2) is 0 Å². The number of rotatable bonds is 1. The summed E-state index contributed by atoms with van der Waals surface area (Å²) in [5, 5.41) is 0. The summed E-state index contributed by atoms with van der Waals surface area (Å²) in [6, 6.07) is 0. The standard InChI is InChI=1S/C7H12O2/c1-6-2-3-7(4-8)5-9-6/h4,6-7H,2-3,5H2,1H3. The molecule has 1 fully saturated rings. The molecule has 2 atom stereocenters. The number of hydrogen-bond donors (Lipinski definition) is 0. The molecule has 1 aliphatic heterocycles. The number of carbonyl (C=O) groups excluding carboxylic acids is 1. The summed E-state index contributed by atoms with van der Waals surface area (Å²) in [5.74, 6) is 0.168. The van der Waals surface area contributed by atoms with Crippen LogP contribution in [0.2, 0.25) is 0 Å². The molecule has 0 aromatic carbocycles. The first kappa shape index (κ1) is 6.75. The van der Waals surface area contributed by atoms with Gasteiger partial charge in [-0.1, -0.05) is 0 Å². The third-order valence-corrected chi connectivity index (χ3v) is 1.73. The molecular formula is C7H12O2. The number of hydrogen-bond acceptors (Lipinski definition) is 2. The fraction of sp³-hybridized carbons (Fsp3) is 0.857. The Morgan fingerprint density at radius 1 is 1.56 bits per heavy atom. The summed E-state index contributed by atoms with van der Waals surface area (Å²) in [6.45, 7) is 2.67. The first-order valence-corrected chi connectivity index (χ1v) is 3.40. The maximum atomic E-state index is 10.2. The Bertz CT molecular complexity index is 93.1. The van der Waals surface area contributed by atoms with Crippen LogP contribution in [0.3, 0.4) is 0 Å². The minimum atomic E-state index is 0.168. The molecule has 0 amide bonds. The molecule has 1 aliphatic rings. The summed E-state index contributed by atoms with van der Waals surface area (Å²) in [7, 11) is 0. The average Bonchev–Trinajstić information content (AvgIpc) is 1.90. The number of carbonyl (C=O) groups is 1. The van der Waals surface area contributed by atoms with Crippen LogP contribution in [-0.2, 0) is 9.53 Å². The molecule has 0 spiro atoms. The van der Waals surface area contributed by atoms with Gasteiger partial charge in [0, 0.05) is 5.92 Å². The van der Waals surface area contributed by atoms with Gasteiger partial charge in [0.2, 0.25) is 0 Å². The van der Waals surface area contributed by atoms with Gasteiger partial charge in [-0.2, -0.15) is 0 Å². The van der Waals surface area contributed by atoms with Gasteiger partial charge in [0.05, 0.1) is 12.7 Å². The van der Waals surface area contributed by atoms with Crippen molar-refractivity contribution >= 4 is 6.29 Å². The zero-order valence-corrected chi connectivity index (χ0v) is 5.67. The van der Waals surface area contributed by atoms with Crippen molar-refractivity contribution < 1.29 is 9.53 Å². The summed E-state index contributed by atoms with van der Waals surface area (Å²) >= 11 is 0. The minimum absolute atomic E-state index is 0.168. The second kappa shape index (κ2) is 2.97. The van der Waals surface area contributed by atoms with E-state index in [4.69, 9.17) is 4.74 Å². The van der Waals surface area contributed by atoms with Crippen molar-refractivity contribution in [1.82, 2.24) is 0 Å². The van der Waals surface area contributed by atoms with Crippen LogP contribution in [0, 0.1) is 5.92 Å². The van der Waals surface area contributed by atoms with Crippen LogP contribution in [0.25, 0.3) is 0 Å². The molecule has 0 N–H and O–H groups in total. The first-order chi connectivity index (χ1) is 4.33. The van der Waals surface area contributed by atoms with Crippen molar-refractivity contribution in [2.45, 2.75) is 25.9 Å². The molecule has 9 heavy (non-hydrogen) atoms. The maximum Gasteiger partial charge on any atom is 0.125 e. The molecule has 0 bridgehead atoms. The molecule has 1 heterocycles. The Morgan fingerprint density at radius 3 is 2.78 bits per heavy atom. The molecule has 1 rings (SSSR count). The zero-order chi connectivity index (χ0) is 6.69. The van der Waals surface area contributed by atoms with E-state index in [9.17, 15) is 4.79 Å². The highest BCUT2D eigenvalue weighted by molar-refractivity contribution is 5.53. The molecule has 2 nitrogen and oxygen atoms in total. The van der Waals surface area contributed by atoms with Gasteiger partial charge in [0.15, 0.2) is 0 Å². The van der Waals surface area contributed by atoms with Gasteiger partial charge in [-0.25, -0.2) is 0 Å². The predicted octanol–water partition coefficient (Wildman–Crippen LogP) is 1.00. The molecule has 2 heteroatoms. The van der Waals surface area contributed by atoms with Gasteiger partial charge in [-0.15, -0.1) is 0 Å². The lowest BCUT2D eigenvalue weighted by molar-refractivity contribution is -0.116. The van der Waals surface area contributed by atoms with E-state index in [2.05, 4.69) is 0 Å². The molecule has 52 valence electrons. The Hall–Kier alpha value is -0.370. The van der Waals surface area contributed by atoms with Crippen LogP contribution in [-0.4, -0.2) is 19.0 Å². The molecule has 0 aliphatic carbocycles. The maximum absolute atomic E-state index is 10.2. The normalized spacial score (nSPS) is 36.1. The predicted molar refractivity (Wildman–Crippen MR) is 34.2 cm³/mol. The van der Waals surface area contributed by atoms with E-state index in [-0.39, 0.29) is 5.92 Å². The van der Waals surface area contributed by atoms with E-state index in [1.165, 1.54) is 0 Å². The van der Waals surface area contributed by atoms with Crippen molar-refractivity contribution in [2.24, 2.45) is 5.92 Å². The molecule has 0 saturated carbocycles. The second-order valence-electron chi connectivity index (χ2n) is 2.62. The summed E-state index contributed by atoms with van der Waals surface area (Å²) in [4.78, 5) is 10.2. The summed E-state index contributed by atoms with van der Waals surface area (Å²) < 4.78 is 5.25. The molecule has 1 saturated heterocycles. The van der Waals surface area contributed by atoms with Gasteiger partial charge < -0.3 is 9.53 Å². The Labute approximate surface area is 55.2 Å². The third-order valence-electron chi connectivity index (χ3n) is 1.73. The molecule has 0 aromatic rings. The fourth-order valence-corrected chi connectivity index (χ4v) is 1.01. The Kier molecular flexibility index (Phi) is 2.22. The molecular weight excluding hydrogens is 116 g/mol. The van der Waals surface area contributed by atoms with Crippen LogP contribution < -0.4 is 0 Å². The van der Waals surface area contributed by atoms with Gasteiger partial charge in [0.25, 0.3) is 0 Å². The van der Waals surface area contributed by atoms with E-state index < -0.39 is 0 Å². The van der Waals surface area contributed by atoms with Gasteiger partial charge in [0.1, 0.15) is 6.29 Å². The molecule has 0 radical (unpaired) electrons. The Morgan fingerprint density at radius 2 is 2.33 bits per heavy atom. The lowest BCUT2D eigenvalue weighted by atomic mass is 10.0. The lowest BCUT2D eigenvalue weighted by Gasteiger charge is -2.22. The van der Waals surface area contributed by atoms with Crippen LogP contribution >= 0.6 is 0 Å². The molecule has 0 aromatic heterocycles. The zero-order valence-electron chi connectivity index (χ0n) is 5.67. The average molecular weight is 128 g/mol. The SMILES string of the molecule is CC1CCC(C=O)CO1. The third kappa shape index (κ3) is 1.79. The monoisotopic (exact) mass is 128 g/mol. The van der Waals surface area contributed by atoms with E-state index >= 15 is 0 Å². The van der Waals surface area contributed by atoms with E-state index in [0.29, 0.717) is 12.7 Å². The van der Waals surface area contributed by atoms with Gasteiger partial charge >= 0.3 is 0 Å². The van der Waals surface area contributed by atoms with Crippen LogP contribution in [0.4, 0.5) is 0 Å². The van der Waals surface area contributed by atoms with Crippen LogP contribution in [0.5, 0.6) is 0 Å². The van der Waals surface area contributed by atoms with Crippen molar-refractivity contribution in [3.05, 3.63) is 0 Å². The second-order valence-corrected chi connectivity index (χ2v) is 2.62. The smallest absolute Gasteiger partial charge is 0.125 e. The molecule has 2 unspecified atom stereocenters. The highest BCUT2D eigenvalue weighted by Crippen LogP contribution is 2.15. The van der Waals surface area contributed by atoms with Gasteiger partial charge in [-0.05, 0) is 19.8 Å². The number of ether oxygens (including phenoxy) is 1. The minimum Gasteiger partial charge on any atom is -0.378 e. The highest BCUT2D eigenvalue weighted by Gasteiger charge is 2.16. The van der Waals surface area contributed by atoms with E-state index in [1.54, 1.807) is 0 Å². The summed E-state index contributed by atoms with van der Waals surface area (Å²) in [6.07, 6.45) is 3.39.